The molecule has 3 N–H and O–H groups in total. The zero-order valence-electron chi connectivity index (χ0n) is 27.7. The maximum atomic E-state index is 13.1. The Morgan fingerprint density at radius 3 is 2.40 bits per heavy atom. The van der Waals surface area contributed by atoms with Gasteiger partial charge in [0.1, 0.15) is 16.9 Å². The summed E-state index contributed by atoms with van der Waals surface area (Å²) >= 11 is 0. The lowest BCUT2D eigenvalue weighted by molar-refractivity contribution is -0.154. The molecule has 0 bridgehead atoms. The van der Waals surface area contributed by atoms with E-state index < -0.39 is 11.4 Å². The molecule has 0 spiro atoms. The number of carboxylic acid groups (broad SMARTS) is 1. The predicted octanol–water partition coefficient (Wildman–Crippen LogP) is 6.23. The number of carboxylic acids is 1. The first-order valence-corrected chi connectivity index (χ1v) is 17.0. The van der Waals surface area contributed by atoms with Gasteiger partial charge in [-0.3, -0.25) is 19.2 Å². The molecule has 10 heteroatoms. The van der Waals surface area contributed by atoms with E-state index in [0.717, 1.165) is 71.9 Å². The van der Waals surface area contributed by atoms with Gasteiger partial charge >= 0.3 is 5.97 Å². The Morgan fingerprint density at radius 2 is 1.70 bits per heavy atom. The number of H-pyrrole nitrogens is 1. The molecule has 0 atom stereocenters. The van der Waals surface area contributed by atoms with E-state index >= 15 is 0 Å². The summed E-state index contributed by atoms with van der Waals surface area (Å²) in [6.45, 7) is 1.97. The van der Waals surface area contributed by atoms with Crippen LogP contribution in [0.4, 0.5) is 0 Å². The quantitative estimate of drug-likeness (QED) is 0.174. The summed E-state index contributed by atoms with van der Waals surface area (Å²) < 4.78 is 1.80. The molecule has 2 aromatic carbocycles. The van der Waals surface area contributed by atoms with Crippen molar-refractivity contribution in [3.05, 3.63) is 135 Å². The highest BCUT2D eigenvalue weighted by atomic mass is 16.4. The number of carbonyl (C=O) groups excluding carboxylic acids is 1. The second kappa shape index (κ2) is 13.5. The molecule has 4 aromatic heterocycles. The summed E-state index contributed by atoms with van der Waals surface area (Å²) in [5.41, 5.74) is 4.83. The molecule has 0 saturated heterocycles. The van der Waals surface area contributed by atoms with Crippen LogP contribution in [0.1, 0.15) is 60.5 Å². The van der Waals surface area contributed by atoms with E-state index in [1.54, 1.807) is 35.3 Å². The molecule has 2 aliphatic rings. The van der Waals surface area contributed by atoms with Crippen molar-refractivity contribution < 1.29 is 14.7 Å². The molecule has 2 saturated carbocycles. The average Bonchev–Trinajstić information content (AvgIpc) is 3.94. The first kappa shape index (κ1) is 32.6. The Kier molecular flexibility index (Phi) is 8.84. The molecule has 50 heavy (non-hydrogen) atoms. The van der Waals surface area contributed by atoms with Crippen molar-refractivity contribution in [2.75, 3.05) is 0 Å². The minimum Gasteiger partial charge on any atom is -0.481 e. The number of aliphatic carboxylic acids is 1. The minimum absolute atomic E-state index is 0.0336. The van der Waals surface area contributed by atoms with Crippen LogP contribution in [-0.4, -0.2) is 42.5 Å². The van der Waals surface area contributed by atoms with Gasteiger partial charge < -0.3 is 20.0 Å². The van der Waals surface area contributed by atoms with E-state index in [2.05, 4.69) is 20.3 Å². The third-order valence-electron chi connectivity index (χ3n) is 9.71. The van der Waals surface area contributed by atoms with Crippen LogP contribution < -0.4 is 16.3 Å². The molecular formula is C40H37N5O5. The van der Waals surface area contributed by atoms with E-state index in [1.807, 2.05) is 73.7 Å². The number of hydrogen-bond acceptors (Lipinski definition) is 6. The lowest BCUT2D eigenvalue weighted by Gasteiger charge is -2.37. The number of aryl methyl sites for hydroxylation is 1. The maximum Gasteiger partial charge on any atom is 0.309 e. The van der Waals surface area contributed by atoms with Crippen molar-refractivity contribution >= 4 is 33.9 Å². The number of carbonyl (C=O) groups is 2. The zero-order valence-corrected chi connectivity index (χ0v) is 27.7. The molecular weight excluding hydrogens is 630 g/mol. The smallest absolute Gasteiger partial charge is 0.309 e. The number of hydrogen-bond donors (Lipinski definition) is 3. The second-order valence-electron chi connectivity index (χ2n) is 13.1. The van der Waals surface area contributed by atoms with Crippen LogP contribution in [0.25, 0.3) is 38.9 Å². The molecule has 4 heterocycles. The Labute approximate surface area is 287 Å². The van der Waals surface area contributed by atoms with E-state index in [9.17, 15) is 24.3 Å². The second-order valence-corrected chi connectivity index (χ2v) is 13.1. The number of rotatable bonds is 8. The number of nitrogens with one attached hydrogen (secondary N) is 2. The van der Waals surface area contributed by atoms with E-state index in [0.29, 0.717) is 23.1 Å². The molecule has 252 valence electrons. The van der Waals surface area contributed by atoms with Gasteiger partial charge in [0.25, 0.3) is 11.5 Å². The number of nitrogens with zero attached hydrogens (tertiary/aromatic N) is 3. The van der Waals surface area contributed by atoms with Crippen molar-refractivity contribution in [3.63, 3.8) is 0 Å². The normalized spacial score (nSPS) is 14.7. The van der Waals surface area contributed by atoms with Gasteiger partial charge in [-0.05, 0) is 97.7 Å². The monoisotopic (exact) mass is 667 g/mol. The SMILES string of the molecule is CCc1cc2cccnc2[nH]c1=O.O=C(NC1CC1)c1cn(-c2cccc(-c3ccc(CC4(C(=O)O)CCC4)cc3)c2)c2ncccc2c1=O. The van der Waals surface area contributed by atoms with Crippen molar-refractivity contribution in [2.45, 2.75) is 57.9 Å². The van der Waals surface area contributed by atoms with Crippen LogP contribution in [0, 0.1) is 5.41 Å². The Balaban J connectivity index is 0.000000253. The van der Waals surface area contributed by atoms with Crippen LogP contribution in [0.3, 0.4) is 0 Å². The van der Waals surface area contributed by atoms with Crippen molar-refractivity contribution in [2.24, 2.45) is 5.41 Å². The lowest BCUT2D eigenvalue weighted by atomic mass is 9.65. The molecule has 0 unspecified atom stereocenters. The molecule has 6 aromatic rings. The number of pyridine rings is 4. The van der Waals surface area contributed by atoms with E-state index in [-0.39, 0.29) is 28.5 Å². The molecule has 8 rings (SSSR count). The Bertz CT molecular complexity index is 2350. The molecule has 0 radical (unpaired) electrons. The topological polar surface area (TPSA) is 147 Å². The first-order valence-electron chi connectivity index (χ1n) is 17.0. The maximum absolute atomic E-state index is 13.1. The number of aromatic nitrogens is 4. The van der Waals surface area contributed by atoms with Gasteiger partial charge in [-0.15, -0.1) is 0 Å². The Morgan fingerprint density at radius 1 is 0.940 bits per heavy atom. The molecule has 10 nitrogen and oxygen atoms in total. The molecule has 2 aliphatic carbocycles. The van der Waals surface area contributed by atoms with Crippen LogP contribution in [-0.2, 0) is 17.6 Å². The summed E-state index contributed by atoms with van der Waals surface area (Å²) in [4.78, 5) is 60.3. The highest BCUT2D eigenvalue weighted by Gasteiger charge is 2.44. The molecule has 0 aliphatic heterocycles. The number of fused-ring (bicyclic) bond motifs is 2. The lowest BCUT2D eigenvalue weighted by Crippen LogP contribution is -2.39. The molecule has 2 fully saturated rings. The van der Waals surface area contributed by atoms with Crippen LogP contribution in [0.2, 0.25) is 0 Å². The number of amides is 1. The van der Waals surface area contributed by atoms with E-state index in [4.69, 9.17) is 0 Å². The van der Waals surface area contributed by atoms with Gasteiger partial charge in [0.05, 0.1) is 10.8 Å². The fourth-order valence-corrected chi connectivity index (χ4v) is 6.46. The zero-order chi connectivity index (χ0) is 34.8. The van der Waals surface area contributed by atoms with Gasteiger partial charge in [0.2, 0.25) is 5.43 Å². The summed E-state index contributed by atoms with van der Waals surface area (Å²) in [6.07, 6.45) is 10.5. The standard InChI is InChI=1S/C30H27N3O4.C10H10N2O/c34-26-24-6-2-15-31-27(24)33(18-25(26)28(35)32-22-11-12-22)23-5-1-4-21(16-23)20-9-7-19(8-10-20)17-30(29(36)37)13-3-14-30;1-2-7-6-8-4-3-5-11-9(8)12-10(7)13/h1-2,4-10,15-16,18,22H,3,11-14,17H2,(H,32,35)(H,36,37);3-6H,2H2,1H3,(H,11,12,13). The van der Waals surface area contributed by atoms with Crippen LogP contribution in [0.5, 0.6) is 0 Å². The number of benzene rings is 2. The highest BCUT2D eigenvalue weighted by molar-refractivity contribution is 5.97. The summed E-state index contributed by atoms with van der Waals surface area (Å²) in [6, 6.07) is 25.1. The van der Waals surface area contributed by atoms with Gasteiger partial charge in [0.15, 0.2) is 0 Å². The van der Waals surface area contributed by atoms with Gasteiger partial charge in [-0.25, -0.2) is 9.97 Å². The van der Waals surface area contributed by atoms with Crippen LogP contribution >= 0.6 is 0 Å². The molecule has 1 amide bonds. The first-order chi connectivity index (χ1) is 24.2. The van der Waals surface area contributed by atoms with Crippen molar-refractivity contribution in [1.29, 1.82) is 0 Å². The third kappa shape index (κ3) is 6.56. The van der Waals surface area contributed by atoms with Crippen LogP contribution in [0.15, 0.2) is 107 Å². The predicted molar refractivity (Wildman–Crippen MR) is 193 cm³/mol. The highest BCUT2D eigenvalue weighted by Crippen LogP contribution is 2.44. The fraction of sp³-hybridized carbons (Fsp3) is 0.250. The fourth-order valence-electron chi connectivity index (χ4n) is 6.46. The number of aromatic amines is 1. The van der Waals surface area contributed by atoms with Gasteiger partial charge in [-0.2, -0.15) is 0 Å². The van der Waals surface area contributed by atoms with Gasteiger partial charge in [-0.1, -0.05) is 49.7 Å². The average molecular weight is 668 g/mol. The summed E-state index contributed by atoms with van der Waals surface area (Å²) in [5.74, 6) is -1.06. The minimum atomic E-state index is -0.706. The third-order valence-corrected chi connectivity index (χ3v) is 9.71. The van der Waals surface area contributed by atoms with Gasteiger partial charge in [0, 0.05) is 41.3 Å². The Hall–Kier alpha value is -5.90. The van der Waals surface area contributed by atoms with E-state index in [1.165, 1.54) is 0 Å². The summed E-state index contributed by atoms with van der Waals surface area (Å²) in [5, 5.41) is 14.0. The largest absolute Gasteiger partial charge is 0.481 e. The summed E-state index contributed by atoms with van der Waals surface area (Å²) in [7, 11) is 0. The van der Waals surface area contributed by atoms with Crippen molar-refractivity contribution in [3.8, 4) is 16.8 Å². The van der Waals surface area contributed by atoms with Crippen molar-refractivity contribution in [1.82, 2.24) is 24.8 Å².